The van der Waals surface area contributed by atoms with Crippen molar-refractivity contribution in [1.82, 2.24) is 0 Å². The van der Waals surface area contributed by atoms with Crippen LogP contribution in [0.15, 0.2) is 30.3 Å². The summed E-state index contributed by atoms with van der Waals surface area (Å²) in [4.78, 5) is 0. The molecule has 0 amide bonds. The Bertz CT molecular complexity index is 512. The van der Waals surface area contributed by atoms with E-state index in [1.807, 2.05) is 0 Å². The third-order valence-corrected chi connectivity index (χ3v) is 2.58. The Kier molecular flexibility index (Phi) is 2.92. The maximum Gasteiger partial charge on any atom is 0.134 e. The number of benzene rings is 2. The number of halogens is 3. The largest absolute Gasteiger partial charge is 0.206 e. The van der Waals surface area contributed by atoms with Crippen LogP contribution in [0.5, 0.6) is 0 Å². The van der Waals surface area contributed by atoms with Gasteiger partial charge in [0.05, 0.1) is 5.56 Å². The summed E-state index contributed by atoms with van der Waals surface area (Å²) >= 11 is 5.88. The van der Waals surface area contributed by atoms with E-state index < -0.39 is 11.6 Å². The van der Waals surface area contributed by atoms with E-state index in [4.69, 9.17) is 11.6 Å². The highest BCUT2D eigenvalue weighted by molar-refractivity contribution is 6.33. The number of rotatable bonds is 1. The minimum absolute atomic E-state index is 0.0930. The first-order valence-electron chi connectivity index (χ1n) is 4.71. The van der Waals surface area contributed by atoms with Gasteiger partial charge in [0.2, 0.25) is 0 Å². The quantitative estimate of drug-likeness (QED) is 0.690. The van der Waals surface area contributed by atoms with E-state index in [0.717, 1.165) is 0 Å². The Morgan fingerprint density at radius 2 is 1.81 bits per heavy atom. The highest BCUT2D eigenvalue weighted by atomic mass is 35.5. The summed E-state index contributed by atoms with van der Waals surface area (Å²) in [7, 11) is 0. The van der Waals surface area contributed by atoms with Crippen LogP contribution >= 0.6 is 11.6 Å². The molecule has 0 heterocycles. The minimum atomic E-state index is -0.606. The van der Waals surface area contributed by atoms with Gasteiger partial charge in [0.1, 0.15) is 11.6 Å². The monoisotopic (exact) mass is 237 g/mol. The molecule has 2 aromatic carbocycles. The average molecular weight is 238 g/mol. The molecular weight excluding hydrogens is 230 g/mol. The molecule has 2 rings (SSSR count). The van der Waals surface area contributed by atoms with Crippen LogP contribution in [0.1, 0.15) is 5.56 Å². The molecule has 0 saturated heterocycles. The summed E-state index contributed by atoms with van der Waals surface area (Å²) in [6.45, 7) is 1.64. The second-order valence-electron chi connectivity index (χ2n) is 3.51. The van der Waals surface area contributed by atoms with Gasteiger partial charge in [0.25, 0.3) is 0 Å². The lowest BCUT2D eigenvalue weighted by Gasteiger charge is -2.07. The van der Waals surface area contributed by atoms with E-state index in [9.17, 15) is 8.78 Å². The molecular formula is C13H8ClF2. The van der Waals surface area contributed by atoms with Gasteiger partial charge in [-0.2, -0.15) is 0 Å². The number of hydrogen-bond donors (Lipinski definition) is 0. The molecule has 0 aromatic heterocycles. The summed E-state index contributed by atoms with van der Waals surface area (Å²) in [5, 5.41) is 0.282. The predicted octanol–water partition coefficient (Wildman–Crippen LogP) is 4.39. The SMILES string of the molecule is Cc1cc(F)c(-c2cc[c]cc2Cl)c(F)c1. The van der Waals surface area contributed by atoms with Gasteiger partial charge in [-0.05, 0) is 36.8 Å². The maximum atomic E-state index is 13.7. The molecule has 0 atom stereocenters. The van der Waals surface area contributed by atoms with Crippen molar-refractivity contribution in [3.05, 3.63) is 58.6 Å². The first-order chi connectivity index (χ1) is 7.59. The molecule has 0 aliphatic heterocycles. The van der Waals surface area contributed by atoms with Crippen molar-refractivity contribution >= 4 is 11.6 Å². The predicted molar refractivity (Wildman–Crippen MR) is 60.4 cm³/mol. The van der Waals surface area contributed by atoms with E-state index in [-0.39, 0.29) is 10.6 Å². The summed E-state index contributed by atoms with van der Waals surface area (Å²) in [5.41, 5.74) is 0.789. The first kappa shape index (κ1) is 11.1. The van der Waals surface area contributed by atoms with Crippen LogP contribution in [-0.2, 0) is 0 Å². The molecule has 16 heavy (non-hydrogen) atoms. The van der Waals surface area contributed by atoms with E-state index >= 15 is 0 Å². The van der Waals surface area contributed by atoms with Gasteiger partial charge in [-0.15, -0.1) is 0 Å². The van der Waals surface area contributed by atoms with Gasteiger partial charge >= 0.3 is 0 Å². The minimum Gasteiger partial charge on any atom is -0.206 e. The van der Waals surface area contributed by atoms with Crippen LogP contribution in [-0.4, -0.2) is 0 Å². The fraction of sp³-hybridized carbons (Fsp3) is 0.0769. The van der Waals surface area contributed by atoms with Gasteiger partial charge in [0.15, 0.2) is 0 Å². The third kappa shape index (κ3) is 1.93. The Labute approximate surface area is 97.5 Å². The topological polar surface area (TPSA) is 0 Å². The van der Waals surface area contributed by atoms with Crippen LogP contribution in [0.25, 0.3) is 11.1 Å². The van der Waals surface area contributed by atoms with Crippen molar-refractivity contribution in [3.63, 3.8) is 0 Å². The molecule has 0 unspecified atom stereocenters. The summed E-state index contributed by atoms with van der Waals surface area (Å²) in [6, 6.07) is 9.90. The highest BCUT2D eigenvalue weighted by Gasteiger charge is 2.14. The number of aryl methyl sites for hydroxylation is 1. The smallest absolute Gasteiger partial charge is 0.134 e. The van der Waals surface area contributed by atoms with Crippen molar-refractivity contribution < 1.29 is 8.78 Å². The first-order valence-corrected chi connectivity index (χ1v) is 5.09. The van der Waals surface area contributed by atoms with E-state index in [2.05, 4.69) is 6.07 Å². The second kappa shape index (κ2) is 4.22. The van der Waals surface area contributed by atoms with Gasteiger partial charge in [-0.3, -0.25) is 0 Å². The number of hydrogen-bond acceptors (Lipinski definition) is 0. The van der Waals surface area contributed by atoms with Crippen LogP contribution in [0.2, 0.25) is 5.02 Å². The molecule has 0 aliphatic rings. The molecule has 0 aliphatic carbocycles. The normalized spacial score (nSPS) is 10.5. The molecule has 0 spiro atoms. The Balaban J connectivity index is 2.70. The summed E-state index contributed by atoms with van der Waals surface area (Å²) < 4.78 is 27.3. The van der Waals surface area contributed by atoms with Gasteiger partial charge < -0.3 is 0 Å². The Morgan fingerprint density at radius 3 is 2.38 bits per heavy atom. The van der Waals surface area contributed by atoms with Gasteiger partial charge in [-0.1, -0.05) is 23.7 Å². The summed E-state index contributed by atoms with van der Waals surface area (Å²) in [6.07, 6.45) is 0. The van der Waals surface area contributed by atoms with E-state index in [1.165, 1.54) is 18.2 Å². The third-order valence-electron chi connectivity index (χ3n) is 2.27. The highest BCUT2D eigenvalue weighted by Crippen LogP contribution is 2.32. The van der Waals surface area contributed by atoms with Crippen molar-refractivity contribution in [2.75, 3.05) is 0 Å². The molecule has 0 fully saturated rings. The standard InChI is InChI=1S/C13H8ClF2/c1-8-6-11(15)13(12(16)7-8)9-4-2-3-5-10(9)14/h2,4-7H,1H3. The summed E-state index contributed by atoms with van der Waals surface area (Å²) in [5.74, 6) is -1.21. The van der Waals surface area contributed by atoms with Crippen LogP contribution in [0.3, 0.4) is 0 Å². The molecule has 81 valence electrons. The second-order valence-corrected chi connectivity index (χ2v) is 3.92. The molecule has 0 N–H and O–H groups in total. The molecule has 1 radical (unpaired) electrons. The van der Waals surface area contributed by atoms with Crippen molar-refractivity contribution in [1.29, 1.82) is 0 Å². The van der Waals surface area contributed by atoms with Crippen LogP contribution in [0.4, 0.5) is 8.78 Å². The van der Waals surface area contributed by atoms with Gasteiger partial charge in [0, 0.05) is 10.6 Å². The zero-order valence-electron chi connectivity index (χ0n) is 8.52. The van der Waals surface area contributed by atoms with E-state index in [0.29, 0.717) is 11.1 Å². The Morgan fingerprint density at radius 1 is 1.19 bits per heavy atom. The van der Waals surface area contributed by atoms with Crippen molar-refractivity contribution in [3.8, 4) is 11.1 Å². The van der Waals surface area contributed by atoms with Gasteiger partial charge in [-0.25, -0.2) is 8.78 Å². The zero-order chi connectivity index (χ0) is 11.7. The molecule has 3 heteroatoms. The van der Waals surface area contributed by atoms with Crippen molar-refractivity contribution in [2.24, 2.45) is 0 Å². The van der Waals surface area contributed by atoms with E-state index in [1.54, 1.807) is 19.1 Å². The lowest BCUT2D eigenvalue weighted by molar-refractivity contribution is 0.588. The maximum absolute atomic E-state index is 13.7. The molecule has 0 saturated carbocycles. The lowest BCUT2D eigenvalue weighted by atomic mass is 10.0. The van der Waals surface area contributed by atoms with Crippen molar-refractivity contribution in [2.45, 2.75) is 6.92 Å². The zero-order valence-corrected chi connectivity index (χ0v) is 9.28. The molecule has 0 bridgehead atoms. The fourth-order valence-corrected chi connectivity index (χ4v) is 1.79. The van der Waals surface area contributed by atoms with Crippen LogP contribution in [0, 0.1) is 24.6 Å². The molecule has 0 nitrogen and oxygen atoms in total. The average Bonchev–Trinajstić information content (AvgIpc) is 2.19. The molecule has 2 aromatic rings. The van der Waals surface area contributed by atoms with Crippen LogP contribution < -0.4 is 0 Å². The Hall–Kier alpha value is -1.41. The fourth-order valence-electron chi connectivity index (χ4n) is 1.57. The lowest BCUT2D eigenvalue weighted by Crippen LogP contribution is -1.92.